The Kier molecular flexibility index (Phi) is 4.14. The zero-order valence-corrected chi connectivity index (χ0v) is 12.0. The van der Waals surface area contributed by atoms with Crippen molar-refractivity contribution in [3.63, 3.8) is 0 Å². The summed E-state index contributed by atoms with van der Waals surface area (Å²) in [6.07, 6.45) is 3.25. The van der Waals surface area contributed by atoms with Crippen LogP contribution in [0.3, 0.4) is 0 Å². The number of aryl methyl sites for hydroxylation is 1. The fourth-order valence-corrected chi connectivity index (χ4v) is 2.18. The topological polar surface area (TPSA) is 58.6 Å². The molecule has 0 fully saturated rings. The van der Waals surface area contributed by atoms with Crippen LogP contribution in [0.25, 0.3) is 11.5 Å². The van der Waals surface area contributed by atoms with Gasteiger partial charge in [0.2, 0.25) is 0 Å². The molecule has 2 aromatic rings. The molecule has 0 amide bonds. The first-order chi connectivity index (χ1) is 8.63. The predicted octanol–water partition coefficient (Wildman–Crippen LogP) is 3.20. The normalized spacial score (nSPS) is 10.6. The van der Waals surface area contributed by atoms with E-state index in [4.69, 9.17) is 11.6 Å². The number of H-pyrrole nitrogens is 1. The summed E-state index contributed by atoms with van der Waals surface area (Å²) in [7, 11) is 0. The van der Waals surface area contributed by atoms with Gasteiger partial charge in [-0.1, -0.05) is 24.9 Å². The molecule has 4 nitrogen and oxygen atoms in total. The van der Waals surface area contributed by atoms with Crippen molar-refractivity contribution in [3.05, 3.63) is 43.9 Å². The monoisotopic (exact) mass is 327 g/mol. The van der Waals surface area contributed by atoms with E-state index in [-0.39, 0.29) is 5.56 Å². The number of rotatable bonds is 3. The Morgan fingerprint density at radius 3 is 2.94 bits per heavy atom. The van der Waals surface area contributed by atoms with E-state index >= 15 is 0 Å². The van der Waals surface area contributed by atoms with Crippen molar-refractivity contribution in [2.24, 2.45) is 0 Å². The maximum atomic E-state index is 11.8. The number of aromatic amines is 1. The van der Waals surface area contributed by atoms with Gasteiger partial charge in [0.1, 0.15) is 10.2 Å². The van der Waals surface area contributed by atoms with Gasteiger partial charge in [0, 0.05) is 6.20 Å². The highest BCUT2D eigenvalue weighted by atomic mass is 79.9. The van der Waals surface area contributed by atoms with Gasteiger partial charge >= 0.3 is 0 Å². The summed E-state index contributed by atoms with van der Waals surface area (Å²) in [4.78, 5) is 23.0. The van der Waals surface area contributed by atoms with E-state index in [1.54, 1.807) is 18.3 Å². The lowest BCUT2D eigenvalue weighted by Gasteiger charge is -2.06. The number of pyridine rings is 1. The van der Waals surface area contributed by atoms with Crippen LogP contribution in [-0.4, -0.2) is 15.0 Å². The van der Waals surface area contributed by atoms with Gasteiger partial charge < -0.3 is 4.98 Å². The molecule has 0 unspecified atom stereocenters. The van der Waals surface area contributed by atoms with E-state index in [1.165, 1.54) is 0 Å². The third kappa shape index (κ3) is 2.62. The van der Waals surface area contributed by atoms with Gasteiger partial charge in [0.05, 0.1) is 10.7 Å². The third-order valence-electron chi connectivity index (χ3n) is 2.40. The van der Waals surface area contributed by atoms with Gasteiger partial charge in [-0.3, -0.25) is 9.78 Å². The minimum atomic E-state index is -0.217. The summed E-state index contributed by atoms with van der Waals surface area (Å²) in [6.45, 7) is 2.03. The molecule has 0 bridgehead atoms. The molecule has 0 aliphatic heterocycles. The molecule has 0 saturated carbocycles. The van der Waals surface area contributed by atoms with E-state index in [0.29, 0.717) is 21.0 Å². The highest BCUT2D eigenvalue weighted by molar-refractivity contribution is 9.10. The van der Waals surface area contributed by atoms with Crippen molar-refractivity contribution in [2.45, 2.75) is 19.8 Å². The fraction of sp³-hybridized carbons (Fsp3) is 0.250. The van der Waals surface area contributed by atoms with Crippen molar-refractivity contribution < 1.29 is 0 Å². The van der Waals surface area contributed by atoms with Crippen LogP contribution in [0.5, 0.6) is 0 Å². The Bertz CT molecular complexity index is 627. The summed E-state index contributed by atoms with van der Waals surface area (Å²) in [6, 6.07) is 3.45. The first kappa shape index (κ1) is 13.2. The van der Waals surface area contributed by atoms with Crippen LogP contribution in [0.4, 0.5) is 0 Å². The number of aromatic nitrogens is 3. The van der Waals surface area contributed by atoms with Gasteiger partial charge in [-0.2, -0.15) is 0 Å². The summed E-state index contributed by atoms with van der Waals surface area (Å²) in [5, 5.41) is 0.463. The molecule has 2 heterocycles. The predicted molar refractivity (Wildman–Crippen MR) is 74.8 cm³/mol. The van der Waals surface area contributed by atoms with Gasteiger partial charge in [-0.15, -0.1) is 0 Å². The molecule has 94 valence electrons. The van der Waals surface area contributed by atoms with Crippen molar-refractivity contribution in [1.29, 1.82) is 0 Å². The maximum Gasteiger partial charge on any atom is 0.265 e. The SMILES string of the molecule is CCCc1nc(-c2ncccc2Cl)[nH]c(=O)c1Br. The molecule has 2 rings (SSSR count). The number of nitrogens with zero attached hydrogens (tertiary/aromatic N) is 2. The summed E-state index contributed by atoms with van der Waals surface area (Å²) in [5.74, 6) is 0.400. The molecule has 0 spiro atoms. The molecule has 0 aliphatic carbocycles. The summed E-state index contributed by atoms with van der Waals surface area (Å²) < 4.78 is 0.472. The largest absolute Gasteiger partial charge is 0.304 e. The fourth-order valence-electron chi connectivity index (χ4n) is 1.58. The standard InChI is InChI=1S/C12H11BrClN3O/c1-2-4-8-9(13)12(18)17-11(16-8)10-7(14)5-3-6-15-10/h3,5-6H,2,4H2,1H3,(H,16,17,18). The molecule has 0 saturated heterocycles. The van der Waals surface area contributed by atoms with Gasteiger partial charge in [0.15, 0.2) is 5.82 Å². The lowest BCUT2D eigenvalue weighted by atomic mass is 10.2. The Balaban J connectivity index is 2.59. The van der Waals surface area contributed by atoms with Crippen LogP contribution < -0.4 is 5.56 Å². The van der Waals surface area contributed by atoms with Crippen LogP contribution in [0.2, 0.25) is 5.02 Å². The van der Waals surface area contributed by atoms with Crippen molar-refractivity contribution in [2.75, 3.05) is 0 Å². The Morgan fingerprint density at radius 1 is 1.50 bits per heavy atom. The number of hydrogen-bond acceptors (Lipinski definition) is 3. The molecule has 1 N–H and O–H groups in total. The van der Waals surface area contributed by atoms with E-state index < -0.39 is 0 Å². The van der Waals surface area contributed by atoms with E-state index in [1.807, 2.05) is 6.92 Å². The van der Waals surface area contributed by atoms with Crippen molar-refractivity contribution >= 4 is 27.5 Å². The van der Waals surface area contributed by atoms with Crippen LogP contribution in [0.15, 0.2) is 27.6 Å². The highest BCUT2D eigenvalue weighted by Gasteiger charge is 2.12. The number of halogens is 2. The molecule has 18 heavy (non-hydrogen) atoms. The number of hydrogen-bond donors (Lipinski definition) is 1. The average Bonchev–Trinajstić information content (AvgIpc) is 2.35. The molecule has 0 radical (unpaired) electrons. The first-order valence-electron chi connectivity index (χ1n) is 5.53. The quantitative estimate of drug-likeness (QED) is 0.941. The van der Waals surface area contributed by atoms with E-state index in [0.717, 1.165) is 18.5 Å². The molecule has 0 atom stereocenters. The second-order valence-corrected chi connectivity index (χ2v) is 4.96. The van der Waals surface area contributed by atoms with E-state index in [2.05, 4.69) is 30.9 Å². The summed E-state index contributed by atoms with van der Waals surface area (Å²) >= 11 is 9.29. The van der Waals surface area contributed by atoms with Crippen LogP contribution >= 0.6 is 27.5 Å². The van der Waals surface area contributed by atoms with Crippen LogP contribution in [-0.2, 0) is 6.42 Å². The maximum absolute atomic E-state index is 11.8. The van der Waals surface area contributed by atoms with Crippen LogP contribution in [0, 0.1) is 0 Å². The van der Waals surface area contributed by atoms with Gasteiger partial charge in [-0.05, 0) is 34.5 Å². The minimum absolute atomic E-state index is 0.217. The molecule has 2 aromatic heterocycles. The Labute approximate surface area is 118 Å². The molecule has 0 aromatic carbocycles. The Hall–Kier alpha value is -1.20. The zero-order valence-electron chi connectivity index (χ0n) is 9.70. The third-order valence-corrected chi connectivity index (χ3v) is 3.52. The minimum Gasteiger partial charge on any atom is -0.304 e. The average molecular weight is 329 g/mol. The summed E-state index contributed by atoms with van der Waals surface area (Å²) in [5.41, 5.74) is 0.990. The second-order valence-electron chi connectivity index (χ2n) is 3.76. The molecular weight excluding hydrogens is 318 g/mol. The Morgan fingerprint density at radius 2 is 2.28 bits per heavy atom. The molecule has 0 aliphatic rings. The highest BCUT2D eigenvalue weighted by Crippen LogP contribution is 2.22. The first-order valence-corrected chi connectivity index (χ1v) is 6.70. The van der Waals surface area contributed by atoms with E-state index in [9.17, 15) is 4.79 Å². The van der Waals surface area contributed by atoms with Gasteiger partial charge in [0.25, 0.3) is 5.56 Å². The number of nitrogens with one attached hydrogen (secondary N) is 1. The van der Waals surface area contributed by atoms with Crippen LogP contribution in [0.1, 0.15) is 19.0 Å². The molecule has 6 heteroatoms. The lowest BCUT2D eigenvalue weighted by molar-refractivity contribution is 0.859. The smallest absolute Gasteiger partial charge is 0.265 e. The molecular formula is C12H11BrClN3O. The second kappa shape index (κ2) is 5.63. The zero-order chi connectivity index (χ0) is 13.1. The van der Waals surface area contributed by atoms with Gasteiger partial charge in [-0.25, -0.2) is 4.98 Å². The van der Waals surface area contributed by atoms with Crippen molar-refractivity contribution in [1.82, 2.24) is 15.0 Å². The van der Waals surface area contributed by atoms with Crippen molar-refractivity contribution in [3.8, 4) is 11.5 Å². The lowest BCUT2D eigenvalue weighted by Crippen LogP contribution is -2.14.